The van der Waals surface area contributed by atoms with E-state index in [1.54, 1.807) is 28.1 Å². The van der Waals surface area contributed by atoms with Crippen LogP contribution in [-0.4, -0.2) is 79.7 Å². The van der Waals surface area contributed by atoms with Crippen molar-refractivity contribution in [1.82, 2.24) is 18.4 Å². The summed E-state index contributed by atoms with van der Waals surface area (Å²) in [6.07, 6.45) is 0. The molecule has 1 aliphatic heterocycles. The highest BCUT2D eigenvalue weighted by Gasteiger charge is 2.28. The molecule has 0 bridgehead atoms. The molecule has 1 fully saturated rings. The molecule has 0 saturated carbocycles. The summed E-state index contributed by atoms with van der Waals surface area (Å²) in [6, 6.07) is 7.62. The molecule has 0 N–H and O–H groups in total. The van der Waals surface area contributed by atoms with E-state index in [4.69, 9.17) is 9.47 Å². The van der Waals surface area contributed by atoms with Crippen LogP contribution in [-0.2, 0) is 28.6 Å². The Labute approximate surface area is 197 Å². The van der Waals surface area contributed by atoms with Crippen LogP contribution in [0.4, 0.5) is 5.69 Å². The fourth-order valence-electron chi connectivity index (χ4n) is 3.38. The van der Waals surface area contributed by atoms with Crippen LogP contribution < -0.4 is 9.64 Å². The van der Waals surface area contributed by atoms with E-state index in [1.165, 1.54) is 13.3 Å². The maximum atomic E-state index is 12.3. The third kappa shape index (κ3) is 5.25. The van der Waals surface area contributed by atoms with Crippen LogP contribution in [0.1, 0.15) is 23.1 Å². The highest BCUT2D eigenvalue weighted by molar-refractivity contribution is 9.10. The molecule has 176 valence electrons. The van der Waals surface area contributed by atoms with Gasteiger partial charge in [0.2, 0.25) is 0 Å². The quantitative estimate of drug-likeness (QED) is 0.481. The van der Waals surface area contributed by atoms with Gasteiger partial charge in [-0.2, -0.15) is 22.1 Å². The van der Waals surface area contributed by atoms with Gasteiger partial charge in [0.05, 0.1) is 11.1 Å². The van der Waals surface area contributed by atoms with E-state index in [0.717, 1.165) is 5.69 Å². The van der Waals surface area contributed by atoms with Crippen LogP contribution in [0.5, 0.6) is 5.75 Å². The van der Waals surface area contributed by atoms with Gasteiger partial charge in [-0.3, -0.25) is 4.68 Å². The zero-order valence-corrected chi connectivity index (χ0v) is 21.0. The molecule has 0 unspecified atom stereocenters. The summed E-state index contributed by atoms with van der Waals surface area (Å²) in [6.45, 7) is 4.34. The molecule has 1 saturated heterocycles. The van der Waals surface area contributed by atoms with E-state index in [0.29, 0.717) is 47.8 Å². The maximum Gasteiger partial charge on any atom is 0.357 e. The highest BCUT2D eigenvalue weighted by atomic mass is 79.9. The summed E-state index contributed by atoms with van der Waals surface area (Å²) in [5, 5.41) is 4.34. The van der Waals surface area contributed by atoms with Gasteiger partial charge in [0, 0.05) is 53.0 Å². The molecule has 0 spiro atoms. The Morgan fingerprint density at radius 2 is 1.78 bits per heavy atom. The third-order valence-electron chi connectivity index (χ3n) is 5.13. The maximum absolute atomic E-state index is 12.3. The molecule has 0 radical (unpaired) electrons. The molecule has 2 aromatic rings. The Morgan fingerprint density at radius 1 is 1.16 bits per heavy atom. The normalized spacial score (nSPS) is 15.2. The zero-order valence-electron chi connectivity index (χ0n) is 18.6. The van der Waals surface area contributed by atoms with Gasteiger partial charge in [0.25, 0.3) is 10.2 Å². The summed E-state index contributed by atoms with van der Waals surface area (Å²) in [5.74, 6) is 0.223. The molecule has 0 amide bonds. The van der Waals surface area contributed by atoms with E-state index in [9.17, 15) is 13.2 Å². The number of halogens is 1. The number of ether oxygens (including phenoxy) is 2. The summed E-state index contributed by atoms with van der Waals surface area (Å²) in [5.41, 5.74) is 1.94. The van der Waals surface area contributed by atoms with Crippen LogP contribution in [0.3, 0.4) is 0 Å². The first-order valence-corrected chi connectivity index (χ1v) is 12.4. The van der Waals surface area contributed by atoms with Crippen molar-refractivity contribution in [1.29, 1.82) is 0 Å². The van der Waals surface area contributed by atoms with Crippen LogP contribution in [0.15, 0.2) is 28.7 Å². The summed E-state index contributed by atoms with van der Waals surface area (Å²) < 4.78 is 40.2. The number of carbonyl (C=O) groups excluding carboxylic acids is 1. The molecule has 3 rings (SSSR count). The largest absolute Gasteiger partial charge is 0.487 e. The van der Waals surface area contributed by atoms with E-state index in [-0.39, 0.29) is 13.2 Å². The van der Waals surface area contributed by atoms with Crippen molar-refractivity contribution < 1.29 is 22.7 Å². The number of aromatic nitrogens is 2. The molecule has 1 aromatic heterocycles. The Kier molecular flexibility index (Phi) is 7.80. The monoisotopic (exact) mass is 529 g/mol. The lowest BCUT2D eigenvalue weighted by atomic mass is 10.2. The number of hydrogen-bond donors (Lipinski definition) is 0. The van der Waals surface area contributed by atoms with E-state index < -0.39 is 16.2 Å². The van der Waals surface area contributed by atoms with Crippen molar-refractivity contribution in [3.05, 3.63) is 40.1 Å². The summed E-state index contributed by atoms with van der Waals surface area (Å²) in [4.78, 5) is 14.2. The van der Waals surface area contributed by atoms with Crippen LogP contribution in [0, 0.1) is 0 Å². The van der Waals surface area contributed by atoms with Gasteiger partial charge in [-0.05, 0) is 47.1 Å². The second-order valence-electron chi connectivity index (χ2n) is 7.41. The predicted octanol–water partition coefficient (Wildman–Crippen LogP) is 1.87. The van der Waals surface area contributed by atoms with E-state index in [2.05, 4.69) is 25.9 Å². The van der Waals surface area contributed by atoms with Gasteiger partial charge >= 0.3 is 5.97 Å². The predicted molar refractivity (Wildman–Crippen MR) is 124 cm³/mol. The first kappa shape index (κ1) is 24.5. The first-order valence-electron chi connectivity index (χ1n) is 10.2. The molecule has 2 heterocycles. The second kappa shape index (κ2) is 10.2. The average Bonchev–Trinajstić information content (AvgIpc) is 3.06. The molecular weight excluding hydrogens is 502 g/mol. The van der Waals surface area contributed by atoms with Crippen molar-refractivity contribution in [3.8, 4) is 5.75 Å². The number of piperazine rings is 1. The Morgan fingerprint density at radius 3 is 2.34 bits per heavy atom. The van der Waals surface area contributed by atoms with Gasteiger partial charge in [-0.25, -0.2) is 4.79 Å². The lowest BCUT2D eigenvalue weighted by Gasteiger charge is -2.36. The standard InChI is InChI=1S/C20H28BrN5O5S/c1-5-30-20(27)19-18(21)17(22-24(19)4)14-31-16-8-6-15(7-9-16)25-10-12-26(13-11-25)32(28,29)23(2)3/h6-9H,5,10-14H2,1-4H3. The molecule has 32 heavy (non-hydrogen) atoms. The molecule has 0 aliphatic carbocycles. The van der Waals surface area contributed by atoms with Crippen LogP contribution >= 0.6 is 15.9 Å². The lowest BCUT2D eigenvalue weighted by Crippen LogP contribution is -2.51. The topological polar surface area (TPSA) is 97.2 Å². The number of carbonyl (C=O) groups is 1. The smallest absolute Gasteiger partial charge is 0.357 e. The summed E-state index contributed by atoms with van der Waals surface area (Å²) in [7, 11) is 1.39. The molecule has 0 atom stereocenters. The van der Waals surface area contributed by atoms with E-state index >= 15 is 0 Å². The van der Waals surface area contributed by atoms with Crippen molar-refractivity contribution in [2.45, 2.75) is 13.5 Å². The number of aryl methyl sites for hydroxylation is 1. The van der Waals surface area contributed by atoms with Crippen LogP contribution in [0.2, 0.25) is 0 Å². The fraction of sp³-hybridized carbons (Fsp3) is 0.500. The van der Waals surface area contributed by atoms with Gasteiger partial charge in [0.15, 0.2) is 5.69 Å². The van der Waals surface area contributed by atoms with Crippen molar-refractivity contribution in [2.24, 2.45) is 7.05 Å². The van der Waals surface area contributed by atoms with E-state index in [1.807, 2.05) is 24.3 Å². The van der Waals surface area contributed by atoms with Gasteiger partial charge in [0.1, 0.15) is 18.1 Å². The first-order chi connectivity index (χ1) is 15.1. The van der Waals surface area contributed by atoms with Crippen molar-refractivity contribution in [2.75, 3.05) is 51.8 Å². The SMILES string of the molecule is CCOC(=O)c1c(Br)c(COc2ccc(N3CCN(S(=O)(=O)N(C)C)CC3)cc2)nn1C. The summed E-state index contributed by atoms with van der Waals surface area (Å²) >= 11 is 3.42. The number of esters is 1. The van der Waals surface area contributed by atoms with Gasteiger partial charge < -0.3 is 14.4 Å². The minimum atomic E-state index is -3.38. The molecular formula is C20H28BrN5O5S. The Bertz CT molecular complexity index is 1050. The zero-order chi connectivity index (χ0) is 23.5. The third-order valence-corrected chi connectivity index (χ3v) is 7.90. The van der Waals surface area contributed by atoms with Gasteiger partial charge in [-0.1, -0.05) is 0 Å². The fourth-order valence-corrected chi connectivity index (χ4v) is 5.08. The molecule has 12 heteroatoms. The number of nitrogens with zero attached hydrogens (tertiary/aromatic N) is 5. The minimum Gasteiger partial charge on any atom is -0.487 e. The van der Waals surface area contributed by atoms with Crippen molar-refractivity contribution in [3.63, 3.8) is 0 Å². The molecule has 10 nitrogen and oxygen atoms in total. The second-order valence-corrected chi connectivity index (χ2v) is 10.3. The average molecular weight is 530 g/mol. The minimum absolute atomic E-state index is 0.189. The Balaban J connectivity index is 1.58. The Hall–Kier alpha value is -2.15. The number of rotatable bonds is 8. The highest BCUT2D eigenvalue weighted by Crippen LogP contribution is 2.25. The number of hydrogen-bond acceptors (Lipinski definition) is 7. The van der Waals surface area contributed by atoms with Crippen molar-refractivity contribution >= 4 is 37.8 Å². The lowest BCUT2D eigenvalue weighted by molar-refractivity contribution is 0.0512. The number of anilines is 1. The number of benzene rings is 1. The van der Waals surface area contributed by atoms with Gasteiger partial charge in [-0.15, -0.1) is 0 Å². The van der Waals surface area contributed by atoms with Crippen LogP contribution in [0.25, 0.3) is 0 Å². The molecule has 1 aliphatic rings. The molecule has 1 aromatic carbocycles.